The van der Waals surface area contributed by atoms with E-state index in [1.165, 1.54) is 5.56 Å². The van der Waals surface area contributed by atoms with Gasteiger partial charge < -0.3 is 10.5 Å². The Morgan fingerprint density at radius 3 is 2.55 bits per heavy atom. The van der Waals surface area contributed by atoms with E-state index in [0.717, 1.165) is 29.4 Å². The number of pyridine rings is 1. The van der Waals surface area contributed by atoms with Crippen molar-refractivity contribution in [3.63, 3.8) is 0 Å². The number of nitrogens with two attached hydrogens (primary N) is 1. The van der Waals surface area contributed by atoms with Crippen LogP contribution < -0.4 is 5.73 Å². The number of para-hydroxylation sites is 1. The first-order valence-corrected chi connectivity index (χ1v) is 7.33. The number of hydrogen-bond acceptors (Lipinski definition) is 3. The van der Waals surface area contributed by atoms with Crippen LogP contribution in [-0.2, 0) is 11.3 Å². The highest BCUT2D eigenvalue weighted by molar-refractivity contribution is 5.82. The fourth-order valence-corrected chi connectivity index (χ4v) is 2.55. The molecule has 0 bridgehead atoms. The molecule has 0 fully saturated rings. The molecule has 2 aromatic rings. The van der Waals surface area contributed by atoms with Gasteiger partial charge in [-0.2, -0.15) is 0 Å². The van der Waals surface area contributed by atoms with E-state index >= 15 is 0 Å². The number of nitrogens with zero attached hydrogens (tertiary/aromatic N) is 1. The fraction of sp³-hybridized carbons (Fsp3) is 0.471. The first-order chi connectivity index (χ1) is 9.64. The quantitative estimate of drug-likeness (QED) is 0.874. The topological polar surface area (TPSA) is 48.1 Å². The number of aromatic nitrogens is 1. The minimum atomic E-state index is -0.210. The minimum Gasteiger partial charge on any atom is -0.369 e. The van der Waals surface area contributed by atoms with Gasteiger partial charge in [0.05, 0.1) is 17.7 Å². The smallest absolute Gasteiger partial charge is 0.0803 e. The Morgan fingerprint density at radius 2 is 1.90 bits per heavy atom. The van der Waals surface area contributed by atoms with E-state index < -0.39 is 0 Å². The lowest BCUT2D eigenvalue weighted by atomic mass is 9.97. The predicted molar refractivity (Wildman–Crippen MR) is 83.6 cm³/mol. The second-order valence-electron chi connectivity index (χ2n) is 5.32. The molecule has 0 aliphatic rings. The number of benzene rings is 1. The van der Waals surface area contributed by atoms with Crippen LogP contribution in [0.25, 0.3) is 10.9 Å². The van der Waals surface area contributed by atoms with Crippen LogP contribution in [0.2, 0.25) is 0 Å². The summed E-state index contributed by atoms with van der Waals surface area (Å²) in [6.07, 6.45) is 1.87. The van der Waals surface area contributed by atoms with E-state index in [4.69, 9.17) is 10.5 Å². The third-order valence-electron chi connectivity index (χ3n) is 4.12. The first-order valence-electron chi connectivity index (χ1n) is 7.33. The second-order valence-corrected chi connectivity index (χ2v) is 5.32. The molecule has 0 spiro atoms. The van der Waals surface area contributed by atoms with Gasteiger partial charge in [0.1, 0.15) is 0 Å². The van der Waals surface area contributed by atoms with Gasteiger partial charge in [-0.3, -0.25) is 4.98 Å². The van der Waals surface area contributed by atoms with E-state index in [0.29, 0.717) is 13.2 Å². The number of hydrogen-bond donors (Lipinski definition) is 1. The van der Waals surface area contributed by atoms with Crippen molar-refractivity contribution in [1.82, 2.24) is 4.98 Å². The number of rotatable bonds is 6. The van der Waals surface area contributed by atoms with Crippen LogP contribution in [0.4, 0.5) is 0 Å². The SMILES string of the molecule is CCC(CC)(CN)OCc1cc(C)nc2ccccc12. The zero-order chi connectivity index (χ0) is 14.6. The second kappa shape index (κ2) is 6.33. The molecule has 0 aliphatic carbocycles. The summed E-state index contributed by atoms with van der Waals surface area (Å²) < 4.78 is 6.17. The van der Waals surface area contributed by atoms with Crippen molar-refractivity contribution in [2.75, 3.05) is 6.54 Å². The third kappa shape index (κ3) is 3.00. The maximum absolute atomic E-state index is 6.17. The summed E-state index contributed by atoms with van der Waals surface area (Å²) in [5, 5.41) is 1.16. The van der Waals surface area contributed by atoms with Gasteiger partial charge in [0.25, 0.3) is 0 Å². The Hall–Kier alpha value is -1.45. The Bertz CT molecular complexity index is 568. The summed E-state index contributed by atoms with van der Waals surface area (Å²) in [6, 6.07) is 10.3. The van der Waals surface area contributed by atoms with Crippen LogP contribution in [0.1, 0.15) is 37.9 Å². The Labute approximate surface area is 121 Å². The zero-order valence-electron chi connectivity index (χ0n) is 12.6. The van der Waals surface area contributed by atoms with E-state index in [2.05, 4.69) is 31.0 Å². The summed E-state index contributed by atoms with van der Waals surface area (Å²) in [7, 11) is 0. The van der Waals surface area contributed by atoms with Gasteiger partial charge in [0.2, 0.25) is 0 Å². The van der Waals surface area contributed by atoms with Gasteiger partial charge in [-0.15, -0.1) is 0 Å². The molecule has 0 atom stereocenters. The molecular weight excluding hydrogens is 248 g/mol. The lowest BCUT2D eigenvalue weighted by Crippen LogP contribution is -2.39. The van der Waals surface area contributed by atoms with Gasteiger partial charge >= 0.3 is 0 Å². The molecule has 3 nitrogen and oxygen atoms in total. The average molecular weight is 272 g/mol. The minimum absolute atomic E-state index is 0.210. The molecule has 1 aromatic heterocycles. The molecule has 0 saturated heterocycles. The van der Waals surface area contributed by atoms with Crippen LogP contribution >= 0.6 is 0 Å². The largest absolute Gasteiger partial charge is 0.369 e. The summed E-state index contributed by atoms with van der Waals surface area (Å²) >= 11 is 0. The highest BCUT2D eigenvalue weighted by atomic mass is 16.5. The van der Waals surface area contributed by atoms with Crippen molar-refractivity contribution in [3.8, 4) is 0 Å². The Balaban J connectivity index is 2.30. The van der Waals surface area contributed by atoms with Gasteiger partial charge in [0.15, 0.2) is 0 Å². The summed E-state index contributed by atoms with van der Waals surface area (Å²) in [6.45, 7) is 7.43. The monoisotopic (exact) mass is 272 g/mol. The number of ether oxygens (including phenoxy) is 1. The van der Waals surface area contributed by atoms with E-state index in [1.54, 1.807) is 0 Å². The van der Waals surface area contributed by atoms with Crippen molar-refractivity contribution < 1.29 is 4.74 Å². The zero-order valence-corrected chi connectivity index (χ0v) is 12.6. The number of fused-ring (bicyclic) bond motifs is 1. The Kier molecular flexibility index (Phi) is 4.73. The van der Waals surface area contributed by atoms with Crippen LogP contribution in [0.5, 0.6) is 0 Å². The molecule has 2 N–H and O–H groups in total. The standard InChI is InChI=1S/C17H24N2O/c1-4-17(5-2,12-18)20-11-14-10-13(3)19-16-9-7-6-8-15(14)16/h6-10H,4-5,11-12,18H2,1-3H3. The fourth-order valence-electron chi connectivity index (χ4n) is 2.55. The predicted octanol–water partition coefficient (Wildman–Crippen LogP) is 3.58. The van der Waals surface area contributed by atoms with Crippen molar-refractivity contribution in [3.05, 3.63) is 41.6 Å². The molecule has 20 heavy (non-hydrogen) atoms. The molecule has 0 radical (unpaired) electrons. The summed E-state index contributed by atoms with van der Waals surface area (Å²) in [5.41, 5.74) is 8.92. The lowest BCUT2D eigenvalue weighted by molar-refractivity contribution is -0.0549. The van der Waals surface area contributed by atoms with Crippen molar-refractivity contribution in [2.24, 2.45) is 5.73 Å². The Morgan fingerprint density at radius 1 is 1.20 bits per heavy atom. The van der Waals surface area contributed by atoms with Crippen LogP contribution in [0.3, 0.4) is 0 Å². The average Bonchev–Trinajstić information content (AvgIpc) is 2.49. The lowest BCUT2D eigenvalue weighted by Gasteiger charge is -2.30. The van der Waals surface area contributed by atoms with Crippen LogP contribution in [-0.4, -0.2) is 17.1 Å². The van der Waals surface area contributed by atoms with E-state index in [1.807, 2.05) is 25.1 Å². The highest BCUT2D eigenvalue weighted by Crippen LogP contribution is 2.24. The molecule has 0 unspecified atom stereocenters. The van der Waals surface area contributed by atoms with Crippen molar-refractivity contribution in [1.29, 1.82) is 0 Å². The normalized spacial score (nSPS) is 12.0. The molecular formula is C17H24N2O. The van der Waals surface area contributed by atoms with Crippen molar-refractivity contribution in [2.45, 2.75) is 45.8 Å². The van der Waals surface area contributed by atoms with Gasteiger partial charge in [-0.25, -0.2) is 0 Å². The molecule has 2 rings (SSSR count). The van der Waals surface area contributed by atoms with Gasteiger partial charge in [-0.1, -0.05) is 32.0 Å². The molecule has 1 heterocycles. The summed E-state index contributed by atoms with van der Waals surface area (Å²) in [5.74, 6) is 0. The van der Waals surface area contributed by atoms with Crippen LogP contribution in [0, 0.1) is 6.92 Å². The number of aryl methyl sites for hydroxylation is 1. The maximum atomic E-state index is 6.17. The third-order valence-corrected chi connectivity index (χ3v) is 4.12. The first kappa shape index (κ1) is 14.9. The van der Waals surface area contributed by atoms with Gasteiger partial charge in [-0.05, 0) is 37.5 Å². The van der Waals surface area contributed by atoms with Crippen molar-refractivity contribution >= 4 is 10.9 Å². The molecule has 0 saturated carbocycles. The molecule has 3 heteroatoms. The van der Waals surface area contributed by atoms with Crippen LogP contribution in [0.15, 0.2) is 30.3 Å². The molecule has 108 valence electrons. The molecule has 1 aromatic carbocycles. The van der Waals surface area contributed by atoms with Gasteiger partial charge in [0, 0.05) is 17.6 Å². The van der Waals surface area contributed by atoms with E-state index in [9.17, 15) is 0 Å². The molecule has 0 amide bonds. The highest BCUT2D eigenvalue weighted by Gasteiger charge is 2.25. The summed E-state index contributed by atoms with van der Waals surface area (Å²) in [4.78, 5) is 4.56. The maximum Gasteiger partial charge on any atom is 0.0803 e. The van der Waals surface area contributed by atoms with E-state index in [-0.39, 0.29) is 5.60 Å². The molecule has 0 aliphatic heterocycles.